The zero-order valence-corrected chi connectivity index (χ0v) is 19.2. The SMILES string of the molecule is CCC(CC)(CNC(=NC)NCCc1nc(C(C)C)no1)NC(=O)OC(C)(C)C. The van der Waals surface area contributed by atoms with Crippen LogP contribution in [0.4, 0.5) is 4.79 Å². The molecule has 0 saturated carbocycles. The van der Waals surface area contributed by atoms with Crippen LogP contribution in [0.1, 0.15) is 78.9 Å². The molecule has 29 heavy (non-hydrogen) atoms. The highest BCUT2D eigenvalue weighted by Crippen LogP contribution is 2.16. The molecule has 1 aromatic heterocycles. The van der Waals surface area contributed by atoms with Crippen LogP contribution in [-0.4, -0.2) is 53.5 Å². The van der Waals surface area contributed by atoms with Gasteiger partial charge in [-0.1, -0.05) is 32.9 Å². The van der Waals surface area contributed by atoms with Crippen molar-refractivity contribution in [2.24, 2.45) is 4.99 Å². The summed E-state index contributed by atoms with van der Waals surface area (Å²) in [5.41, 5.74) is -0.967. The number of nitrogens with one attached hydrogen (secondary N) is 3. The van der Waals surface area contributed by atoms with Crippen LogP contribution >= 0.6 is 0 Å². The van der Waals surface area contributed by atoms with Gasteiger partial charge in [-0.25, -0.2) is 4.79 Å². The predicted octanol–water partition coefficient (Wildman–Crippen LogP) is 2.98. The molecule has 9 heteroatoms. The van der Waals surface area contributed by atoms with Gasteiger partial charge in [-0.15, -0.1) is 0 Å². The number of hydrogen-bond donors (Lipinski definition) is 3. The van der Waals surface area contributed by atoms with Gasteiger partial charge in [0.25, 0.3) is 0 Å². The van der Waals surface area contributed by atoms with Crippen LogP contribution in [-0.2, 0) is 11.2 Å². The van der Waals surface area contributed by atoms with Gasteiger partial charge in [0.15, 0.2) is 11.8 Å². The van der Waals surface area contributed by atoms with Crippen LogP contribution in [0.25, 0.3) is 0 Å². The molecular formula is C20H38N6O3. The Labute approximate surface area is 174 Å². The van der Waals surface area contributed by atoms with E-state index in [1.54, 1.807) is 7.05 Å². The molecular weight excluding hydrogens is 372 g/mol. The van der Waals surface area contributed by atoms with Crippen molar-refractivity contribution in [2.45, 2.75) is 84.8 Å². The Morgan fingerprint density at radius 2 is 1.86 bits per heavy atom. The third-order valence-corrected chi connectivity index (χ3v) is 4.57. The van der Waals surface area contributed by atoms with E-state index in [2.05, 4.69) is 31.1 Å². The number of amides is 1. The number of rotatable bonds is 9. The second-order valence-corrected chi connectivity index (χ2v) is 8.42. The van der Waals surface area contributed by atoms with E-state index in [9.17, 15) is 4.79 Å². The van der Waals surface area contributed by atoms with Gasteiger partial charge in [-0.05, 0) is 33.6 Å². The predicted molar refractivity (Wildman–Crippen MR) is 114 cm³/mol. The molecule has 0 fully saturated rings. The molecule has 0 saturated heterocycles. The number of alkyl carbamates (subject to hydrolysis) is 1. The van der Waals surface area contributed by atoms with Gasteiger partial charge in [0.05, 0.1) is 5.54 Å². The maximum absolute atomic E-state index is 12.3. The van der Waals surface area contributed by atoms with Gasteiger partial charge in [-0.2, -0.15) is 4.98 Å². The Morgan fingerprint density at radius 3 is 2.34 bits per heavy atom. The average molecular weight is 411 g/mol. The quantitative estimate of drug-likeness (QED) is 0.423. The normalized spacial score (nSPS) is 12.8. The minimum atomic E-state index is -0.535. The fourth-order valence-corrected chi connectivity index (χ4v) is 2.61. The third-order valence-electron chi connectivity index (χ3n) is 4.57. The number of aromatic nitrogens is 2. The summed E-state index contributed by atoms with van der Waals surface area (Å²) in [5, 5.41) is 13.5. The first-order chi connectivity index (χ1) is 13.5. The molecule has 0 aliphatic carbocycles. The fourth-order valence-electron chi connectivity index (χ4n) is 2.61. The van der Waals surface area contributed by atoms with Crippen molar-refractivity contribution in [3.8, 4) is 0 Å². The fraction of sp³-hybridized carbons (Fsp3) is 0.800. The summed E-state index contributed by atoms with van der Waals surface area (Å²) in [4.78, 5) is 20.9. The van der Waals surface area contributed by atoms with Gasteiger partial charge in [0, 0.05) is 32.5 Å². The van der Waals surface area contributed by atoms with E-state index >= 15 is 0 Å². The van der Waals surface area contributed by atoms with Crippen molar-refractivity contribution < 1.29 is 14.1 Å². The lowest BCUT2D eigenvalue weighted by molar-refractivity contribution is 0.0448. The van der Waals surface area contributed by atoms with Gasteiger partial charge in [-0.3, -0.25) is 4.99 Å². The summed E-state index contributed by atoms with van der Waals surface area (Å²) in [6.07, 6.45) is 1.70. The van der Waals surface area contributed by atoms with Gasteiger partial charge in [0.2, 0.25) is 5.89 Å². The molecule has 1 heterocycles. The topological polar surface area (TPSA) is 114 Å². The van der Waals surface area contributed by atoms with Crippen LogP contribution in [0.5, 0.6) is 0 Å². The molecule has 0 aliphatic rings. The van der Waals surface area contributed by atoms with Crippen LogP contribution < -0.4 is 16.0 Å². The van der Waals surface area contributed by atoms with Crippen molar-refractivity contribution in [2.75, 3.05) is 20.1 Å². The molecule has 166 valence electrons. The Balaban J connectivity index is 2.56. The van der Waals surface area contributed by atoms with Crippen LogP contribution in [0.2, 0.25) is 0 Å². The summed E-state index contributed by atoms with van der Waals surface area (Å²) in [6.45, 7) is 14.8. The second-order valence-electron chi connectivity index (χ2n) is 8.42. The molecule has 0 unspecified atom stereocenters. The first kappa shape index (κ1) is 24.7. The highest BCUT2D eigenvalue weighted by molar-refractivity contribution is 5.79. The average Bonchev–Trinajstić information content (AvgIpc) is 3.11. The van der Waals surface area contributed by atoms with Crippen molar-refractivity contribution in [1.29, 1.82) is 0 Å². The first-order valence-electron chi connectivity index (χ1n) is 10.3. The largest absolute Gasteiger partial charge is 0.444 e. The lowest BCUT2D eigenvalue weighted by atomic mass is 9.93. The number of carbonyl (C=O) groups is 1. The summed E-state index contributed by atoms with van der Waals surface area (Å²) in [6, 6.07) is 0. The molecule has 0 radical (unpaired) electrons. The molecule has 0 bridgehead atoms. The monoisotopic (exact) mass is 410 g/mol. The van der Waals surface area contributed by atoms with Crippen molar-refractivity contribution in [3.05, 3.63) is 11.7 Å². The molecule has 0 aromatic carbocycles. The molecule has 3 N–H and O–H groups in total. The van der Waals surface area contributed by atoms with Crippen LogP contribution in [0.3, 0.4) is 0 Å². The lowest BCUT2D eigenvalue weighted by Gasteiger charge is -2.34. The van der Waals surface area contributed by atoms with E-state index in [1.807, 2.05) is 48.5 Å². The molecule has 0 atom stereocenters. The molecule has 9 nitrogen and oxygen atoms in total. The molecule has 0 aliphatic heterocycles. The van der Waals surface area contributed by atoms with E-state index in [1.165, 1.54) is 0 Å². The lowest BCUT2D eigenvalue weighted by Crippen LogP contribution is -2.57. The summed E-state index contributed by atoms with van der Waals surface area (Å²) in [5.74, 6) is 2.19. The molecule has 1 amide bonds. The second kappa shape index (κ2) is 11.0. The highest BCUT2D eigenvalue weighted by atomic mass is 16.6. The Morgan fingerprint density at radius 1 is 1.21 bits per heavy atom. The number of ether oxygens (including phenoxy) is 1. The Kier molecular flexibility index (Phi) is 9.39. The highest BCUT2D eigenvalue weighted by Gasteiger charge is 2.30. The number of hydrogen-bond acceptors (Lipinski definition) is 6. The van der Waals surface area contributed by atoms with E-state index in [-0.39, 0.29) is 5.92 Å². The molecule has 1 aromatic rings. The minimum Gasteiger partial charge on any atom is -0.444 e. The van der Waals surface area contributed by atoms with Crippen LogP contribution in [0, 0.1) is 0 Å². The summed E-state index contributed by atoms with van der Waals surface area (Å²) in [7, 11) is 1.71. The van der Waals surface area contributed by atoms with E-state index in [0.717, 1.165) is 12.8 Å². The van der Waals surface area contributed by atoms with Gasteiger partial charge < -0.3 is 25.2 Å². The first-order valence-corrected chi connectivity index (χ1v) is 10.3. The smallest absolute Gasteiger partial charge is 0.408 e. The van der Waals surface area contributed by atoms with Crippen molar-refractivity contribution in [1.82, 2.24) is 26.1 Å². The summed E-state index contributed by atoms with van der Waals surface area (Å²) < 4.78 is 10.7. The standard InChI is InChI=1S/C20H38N6O3/c1-9-20(10-2,25-18(27)28-19(5,6)7)13-23-17(21-8)22-12-11-15-24-16(14(3)4)26-29-15/h14H,9-13H2,1-8H3,(H,25,27)(H2,21,22,23). The van der Waals surface area contributed by atoms with E-state index < -0.39 is 17.2 Å². The maximum atomic E-state index is 12.3. The minimum absolute atomic E-state index is 0.239. The van der Waals surface area contributed by atoms with E-state index in [4.69, 9.17) is 9.26 Å². The Bertz CT molecular complexity index is 659. The van der Waals surface area contributed by atoms with Gasteiger partial charge in [0.1, 0.15) is 5.60 Å². The van der Waals surface area contributed by atoms with Gasteiger partial charge >= 0.3 is 6.09 Å². The number of guanidine groups is 1. The number of aliphatic imine (C=N–C) groups is 1. The zero-order chi connectivity index (χ0) is 22.1. The van der Waals surface area contributed by atoms with E-state index in [0.29, 0.717) is 37.2 Å². The Hall–Kier alpha value is -2.32. The zero-order valence-electron chi connectivity index (χ0n) is 19.2. The molecule has 1 rings (SSSR count). The van der Waals surface area contributed by atoms with Crippen LogP contribution in [0.15, 0.2) is 9.52 Å². The number of carbonyl (C=O) groups excluding carboxylic acids is 1. The molecule has 0 spiro atoms. The van der Waals surface area contributed by atoms with Crippen molar-refractivity contribution in [3.63, 3.8) is 0 Å². The number of nitrogens with zero attached hydrogens (tertiary/aromatic N) is 3. The van der Waals surface area contributed by atoms with Crippen molar-refractivity contribution >= 4 is 12.1 Å². The summed E-state index contributed by atoms with van der Waals surface area (Å²) >= 11 is 0. The maximum Gasteiger partial charge on any atom is 0.408 e. The third kappa shape index (κ3) is 8.70.